The van der Waals surface area contributed by atoms with Crippen LogP contribution in [0.1, 0.15) is 54.7 Å². The van der Waals surface area contributed by atoms with Crippen molar-refractivity contribution in [2.24, 2.45) is 5.92 Å². The summed E-state index contributed by atoms with van der Waals surface area (Å²) < 4.78 is 0. The zero-order valence-electron chi connectivity index (χ0n) is 17.9. The summed E-state index contributed by atoms with van der Waals surface area (Å²) in [5.41, 5.74) is 3.48. The van der Waals surface area contributed by atoms with E-state index in [0.29, 0.717) is 30.2 Å². The number of carbonyl (C=O) groups excluding carboxylic acids is 1. The Morgan fingerprint density at radius 3 is 2.23 bits per heavy atom. The summed E-state index contributed by atoms with van der Waals surface area (Å²) in [5, 5.41) is 20.8. The second kappa shape index (κ2) is 10.3. The number of piperidine rings is 1. The predicted molar refractivity (Wildman–Crippen MR) is 123 cm³/mol. The zero-order chi connectivity index (χ0) is 21.8. The first-order valence-corrected chi connectivity index (χ1v) is 11.8. The van der Waals surface area contributed by atoms with Crippen molar-refractivity contribution in [1.82, 2.24) is 4.90 Å². The van der Waals surface area contributed by atoms with Crippen LogP contribution in [0.5, 0.6) is 0 Å². The van der Waals surface area contributed by atoms with Gasteiger partial charge in [0.25, 0.3) is 0 Å². The number of hydrogen-bond acceptors (Lipinski definition) is 4. The number of halogens is 1. The molecular formula is C26H32ClNO3. The fraction of sp³-hybridized carbons (Fsp3) is 0.500. The Balaban J connectivity index is 1.35. The zero-order valence-corrected chi connectivity index (χ0v) is 18.7. The number of rotatable bonds is 6. The number of likely N-dealkylation sites (tertiary alicyclic amines) is 1. The lowest BCUT2D eigenvalue weighted by molar-refractivity contribution is -0.127. The molecule has 0 amide bonds. The fourth-order valence-corrected chi connectivity index (χ4v) is 5.09. The number of nitrogens with zero attached hydrogens (tertiary/aromatic N) is 1. The van der Waals surface area contributed by atoms with Gasteiger partial charge in [0.15, 0.2) is 0 Å². The van der Waals surface area contributed by atoms with Crippen LogP contribution < -0.4 is 0 Å². The Morgan fingerprint density at radius 1 is 0.903 bits per heavy atom. The Bertz CT molecular complexity index is 859. The van der Waals surface area contributed by atoms with Crippen LogP contribution in [-0.4, -0.2) is 46.2 Å². The van der Waals surface area contributed by atoms with Gasteiger partial charge in [-0.05, 0) is 66.8 Å². The molecular weight excluding hydrogens is 410 g/mol. The van der Waals surface area contributed by atoms with Gasteiger partial charge >= 0.3 is 0 Å². The lowest BCUT2D eigenvalue weighted by Crippen LogP contribution is -2.35. The van der Waals surface area contributed by atoms with Crippen LogP contribution in [0.2, 0.25) is 5.02 Å². The molecule has 31 heavy (non-hydrogen) atoms. The number of hydrogen-bond donors (Lipinski definition) is 2. The molecule has 3 unspecified atom stereocenters. The van der Waals surface area contributed by atoms with E-state index in [1.165, 1.54) is 11.1 Å². The molecule has 2 N–H and O–H groups in total. The Morgan fingerprint density at radius 2 is 1.55 bits per heavy atom. The van der Waals surface area contributed by atoms with Crippen LogP contribution in [-0.2, 0) is 17.8 Å². The summed E-state index contributed by atoms with van der Waals surface area (Å²) >= 11 is 5.94. The molecule has 2 aromatic rings. The van der Waals surface area contributed by atoms with E-state index in [9.17, 15) is 15.0 Å². The van der Waals surface area contributed by atoms with E-state index in [-0.39, 0.29) is 17.8 Å². The van der Waals surface area contributed by atoms with Crippen LogP contribution >= 0.6 is 11.6 Å². The molecule has 4 rings (SSSR count). The topological polar surface area (TPSA) is 60.8 Å². The maximum atomic E-state index is 12.9. The van der Waals surface area contributed by atoms with Crippen molar-refractivity contribution in [2.75, 3.05) is 13.1 Å². The van der Waals surface area contributed by atoms with Gasteiger partial charge in [-0.3, -0.25) is 9.69 Å². The number of aliphatic hydroxyl groups excluding tert-OH is 2. The van der Waals surface area contributed by atoms with E-state index in [4.69, 9.17) is 11.6 Å². The highest BCUT2D eigenvalue weighted by molar-refractivity contribution is 6.30. The SMILES string of the molecule is O=C(Cc1ccc(Cl)cc1)C1CC(c2ccc(CN3CCC(O)CC3)cc2)CCC1O. The molecule has 3 atom stereocenters. The number of Topliss-reactive ketones (excluding diaryl/α,β-unsaturated/α-hetero) is 1. The van der Waals surface area contributed by atoms with Crippen LogP contribution in [0.15, 0.2) is 48.5 Å². The fourth-order valence-electron chi connectivity index (χ4n) is 4.97. The molecule has 2 aromatic carbocycles. The van der Waals surface area contributed by atoms with E-state index in [0.717, 1.165) is 44.5 Å². The van der Waals surface area contributed by atoms with Gasteiger partial charge in [0, 0.05) is 37.0 Å². The maximum Gasteiger partial charge on any atom is 0.142 e. The van der Waals surface area contributed by atoms with E-state index >= 15 is 0 Å². The highest BCUT2D eigenvalue weighted by Gasteiger charge is 2.34. The first kappa shape index (κ1) is 22.5. The third-order valence-electron chi connectivity index (χ3n) is 6.93. The van der Waals surface area contributed by atoms with Gasteiger partial charge in [-0.2, -0.15) is 0 Å². The summed E-state index contributed by atoms with van der Waals surface area (Å²) in [4.78, 5) is 15.3. The first-order chi connectivity index (χ1) is 15.0. The van der Waals surface area contributed by atoms with E-state index in [1.54, 1.807) is 12.1 Å². The van der Waals surface area contributed by atoms with Gasteiger partial charge in [0.1, 0.15) is 5.78 Å². The van der Waals surface area contributed by atoms with Crippen molar-refractivity contribution in [3.8, 4) is 0 Å². The van der Waals surface area contributed by atoms with Crippen molar-refractivity contribution < 1.29 is 15.0 Å². The van der Waals surface area contributed by atoms with Gasteiger partial charge in [-0.15, -0.1) is 0 Å². The minimum atomic E-state index is -0.551. The largest absolute Gasteiger partial charge is 0.393 e. The first-order valence-electron chi connectivity index (χ1n) is 11.4. The molecule has 1 saturated carbocycles. The third kappa shape index (κ3) is 5.95. The molecule has 2 fully saturated rings. The normalized spacial score (nSPS) is 25.5. The summed E-state index contributed by atoms with van der Waals surface area (Å²) in [6.45, 7) is 2.81. The average molecular weight is 442 g/mol. The molecule has 0 aromatic heterocycles. The molecule has 0 radical (unpaired) electrons. The Labute approximate surface area is 189 Å². The van der Waals surface area contributed by atoms with Crippen LogP contribution in [0.3, 0.4) is 0 Å². The smallest absolute Gasteiger partial charge is 0.142 e. The molecule has 166 valence electrons. The Kier molecular flexibility index (Phi) is 7.44. The van der Waals surface area contributed by atoms with Gasteiger partial charge in [-0.25, -0.2) is 0 Å². The minimum absolute atomic E-state index is 0.114. The lowest BCUT2D eigenvalue weighted by Gasteiger charge is -2.33. The van der Waals surface area contributed by atoms with Crippen molar-refractivity contribution >= 4 is 17.4 Å². The molecule has 1 aliphatic carbocycles. The van der Waals surface area contributed by atoms with Crippen LogP contribution in [0.4, 0.5) is 0 Å². The standard InChI is InChI=1S/C26H32ClNO3/c27-22-8-3-18(4-9-22)15-26(31)24-16-21(7-10-25(24)30)20-5-1-19(2-6-20)17-28-13-11-23(29)12-14-28/h1-6,8-9,21,23-25,29-30H,7,10-17H2. The summed E-state index contributed by atoms with van der Waals surface area (Å²) in [6, 6.07) is 16.1. The number of carbonyl (C=O) groups is 1. The molecule has 1 aliphatic heterocycles. The Hall–Kier alpha value is -1.72. The van der Waals surface area contributed by atoms with Gasteiger partial charge < -0.3 is 10.2 Å². The molecule has 2 aliphatic rings. The number of aliphatic hydroxyl groups is 2. The minimum Gasteiger partial charge on any atom is -0.393 e. The summed E-state index contributed by atoms with van der Waals surface area (Å²) in [6.07, 6.45) is 3.64. The van der Waals surface area contributed by atoms with E-state index in [2.05, 4.69) is 29.2 Å². The molecule has 4 nitrogen and oxygen atoms in total. The van der Waals surface area contributed by atoms with Crippen LogP contribution in [0, 0.1) is 5.92 Å². The maximum absolute atomic E-state index is 12.9. The van der Waals surface area contributed by atoms with Gasteiger partial charge in [-0.1, -0.05) is 48.0 Å². The van der Waals surface area contributed by atoms with Crippen molar-refractivity contribution in [3.05, 3.63) is 70.2 Å². The highest BCUT2D eigenvalue weighted by atomic mass is 35.5. The number of benzene rings is 2. The van der Waals surface area contributed by atoms with Crippen molar-refractivity contribution in [2.45, 2.75) is 63.2 Å². The molecule has 5 heteroatoms. The molecule has 0 bridgehead atoms. The highest BCUT2D eigenvalue weighted by Crippen LogP contribution is 2.37. The molecule has 0 spiro atoms. The van der Waals surface area contributed by atoms with E-state index < -0.39 is 6.10 Å². The lowest BCUT2D eigenvalue weighted by atomic mass is 9.74. The second-order valence-corrected chi connectivity index (χ2v) is 9.64. The van der Waals surface area contributed by atoms with Crippen molar-refractivity contribution in [3.63, 3.8) is 0 Å². The van der Waals surface area contributed by atoms with Gasteiger partial charge in [0.2, 0.25) is 0 Å². The quantitative estimate of drug-likeness (QED) is 0.699. The molecule has 1 heterocycles. The van der Waals surface area contributed by atoms with Crippen LogP contribution in [0.25, 0.3) is 0 Å². The van der Waals surface area contributed by atoms with Crippen molar-refractivity contribution in [1.29, 1.82) is 0 Å². The number of ketones is 1. The predicted octanol–water partition coefficient (Wildman–Crippen LogP) is 4.35. The average Bonchev–Trinajstić information content (AvgIpc) is 2.78. The monoisotopic (exact) mass is 441 g/mol. The van der Waals surface area contributed by atoms with E-state index in [1.807, 2.05) is 12.1 Å². The summed E-state index contributed by atoms with van der Waals surface area (Å²) in [5.74, 6) is 0.110. The third-order valence-corrected chi connectivity index (χ3v) is 7.19. The second-order valence-electron chi connectivity index (χ2n) is 9.20. The van der Waals surface area contributed by atoms with Gasteiger partial charge in [0.05, 0.1) is 12.2 Å². The summed E-state index contributed by atoms with van der Waals surface area (Å²) in [7, 11) is 0. The molecule has 1 saturated heterocycles.